The second-order valence-electron chi connectivity index (χ2n) is 6.55. The van der Waals surface area contributed by atoms with Gasteiger partial charge in [-0.25, -0.2) is 0 Å². The van der Waals surface area contributed by atoms with E-state index in [1.54, 1.807) is 19.2 Å². The molecule has 0 atom stereocenters. The molecule has 142 valence electrons. The maximum absolute atomic E-state index is 12.7. The number of rotatable bonds is 6. The number of carbonyl (C=O) groups excluding carboxylic acids is 1. The number of halogens is 2. The molecule has 0 bridgehead atoms. The number of carbonyl (C=O) groups is 1. The summed E-state index contributed by atoms with van der Waals surface area (Å²) in [4.78, 5) is 14.6. The van der Waals surface area contributed by atoms with Gasteiger partial charge >= 0.3 is 0 Å². The van der Waals surface area contributed by atoms with E-state index < -0.39 is 0 Å². The van der Waals surface area contributed by atoms with Crippen LogP contribution in [0.2, 0.25) is 5.02 Å². The smallest absolute Gasteiger partial charge is 0.254 e. The predicted octanol–water partition coefficient (Wildman–Crippen LogP) is 3.63. The van der Waals surface area contributed by atoms with Crippen molar-refractivity contribution in [1.29, 1.82) is 0 Å². The molecule has 1 heterocycles. The lowest BCUT2D eigenvalue weighted by Crippen LogP contribution is -2.43. The molecule has 0 aliphatic carbocycles. The lowest BCUT2D eigenvalue weighted by Gasteiger charge is -2.32. The first kappa shape index (κ1) is 21.9. The summed E-state index contributed by atoms with van der Waals surface area (Å²) in [6.07, 6.45) is 1.92. The Labute approximate surface area is 161 Å². The number of amides is 1. The van der Waals surface area contributed by atoms with Gasteiger partial charge < -0.3 is 19.7 Å². The van der Waals surface area contributed by atoms with Crippen LogP contribution in [0.5, 0.6) is 11.5 Å². The first-order chi connectivity index (χ1) is 11.5. The third kappa shape index (κ3) is 5.66. The highest BCUT2D eigenvalue weighted by Gasteiger charge is 2.24. The summed E-state index contributed by atoms with van der Waals surface area (Å²) in [5.41, 5.74) is 0.539. The van der Waals surface area contributed by atoms with Gasteiger partial charge in [-0.1, -0.05) is 25.4 Å². The van der Waals surface area contributed by atoms with E-state index in [1.165, 1.54) is 0 Å². The summed E-state index contributed by atoms with van der Waals surface area (Å²) in [5.74, 6) is 1.36. The Morgan fingerprint density at radius 3 is 2.52 bits per heavy atom. The molecule has 0 spiro atoms. The van der Waals surface area contributed by atoms with Crippen molar-refractivity contribution < 1.29 is 14.3 Å². The zero-order valence-electron chi connectivity index (χ0n) is 15.3. The number of methoxy groups -OCH3 is 1. The zero-order chi connectivity index (χ0) is 17.7. The van der Waals surface area contributed by atoms with E-state index in [1.807, 2.05) is 11.9 Å². The minimum atomic E-state index is -0.0137. The number of benzene rings is 1. The maximum atomic E-state index is 12.7. The van der Waals surface area contributed by atoms with E-state index in [9.17, 15) is 4.79 Å². The fourth-order valence-electron chi connectivity index (χ4n) is 2.79. The van der Waals surface area contributed by atoms with Crippen molar-refractivity contribution in [2.24, 2.45) is 5.92 Å². The first-order valence-electron chi connectivity index (χ1n) is 8.43. The molecule has 1 saturated heterocycles. The molecule has 1 fully saturated rings. The molecule has 0 unspecified atom stereocenters. The van der Waals surface area contributed by atoms with Gasteiger partial charge in [-0.2, -0.15) is 0 Å². The fourth-order valence-corrected chi connectivity index (χ4v) is 3.05. The highest BCUT2D eigenvalue weighted by atomic mass is 35.5. The Balaban J connectivity index is 0.00000312. The summed E-state index contributed by atoms with van der Waals surface area (Å²) in [7, 11) is 3.52. The number of hydrogen-bond donors (Lipinski definition) is 1. The summed E-state index contributed by atoms with van der Waals surface area (Å²) in [6, 6.07) is 3.87. The first-order valence-corrected chi connectivity index (χ1v) is 8.81. The molecule has 5 nitrogen and oxygen atoms in total. The van der Waals surface area contributed by atoms with Crippen LogP contribution < -0.4 is 14.8 Å². The number of hydrogen-bond acceptors (Lipinski definition) is 4. The van der Waals surface area contributed by atoms with Crippen LogP contribution in [0, 0.1) is 5.92 Å². The molecule has 1 aliphatic heterocycles. The molecule has 1 amide bonds. The Morgan fingerprint density at radius 1 is 1.36 bits per heavy atom. The fraction of sp³-hybridized carbons (Fsp3) is 0.611. The van der Waals surface area contributed by atoms with Gasteiger partial charge in [0.05, 0.1) is 18.7 Å². The van der Waals surface area contributed by atoms with Crippen LogP contribution >= 0.6 is 24.0 Å². The molecule has 1 N–H and O–H groups in total. The molecule has 0 radical (unpaired) electrons. The SMILES string of the molecule is CNC1CCN(C(=O)c2cc(Cl)c(OCC(C)C)c(OC)c2)CC1.Cl. The van der Waals surface area contributed by atoms with Crippen molar-refractivity contribution in [3.05, 3.63) is 22.7 Å². The number of likely N-dealkylation sites (tertiary alicyclic amines) is 1. The van der Waals surface area contributed by atoms with Gasteiger partial charge in [0.15, 0.2) is 11.5 Å². The Morgan fingerprint density at radius 2 is 2.00 bits per heavy atom. The van der Waals surface area contributed by atoms with E-state index in [0.29, 0.717) is 40.7 Å². The third-order valence-corrected chi connectivity index (χ3v) is 4.51. The van der Waals surface area contributed by atoms with Crippen LogP contribution in [-0.2, 0) is 0 Å². The minimum Gasteiger partial charge on any atom is -0.493 e. The lowest BCUT2D eigenvalue weighted by molar-refractivity contribution is 0.0707. The normalized spacial score (nSPS) is 15.0. The van der Waals surface area contributed by atoms with Crippen LogP contribution in [0.3, 0.4) is 0 Å². The van der Waals surface area contributed by atoms with Crippen LogP contribution in [0.25, 0.3) is 0 Å². The topological polar surface area (TPSA) is 50.8 Å². The average molecular weight is 391 g/mol. The molecule has 0 aromatic heterocycles. The van der Waals surface area contributed by atoms with Crippen molar-refractivity contribution in [1.82, 2.24) is 10.2 Å². The molecule has 1 aromatic rings. The predicted molar refractivity (Wildman–Crippen MR) is 104 cm³/mol. The van der Waals surface area contributed by atoms with Crippen molar-refractivity contribution in [3.8, 4) is 11.5 Å². The van der Waals surface area contributed by atoms with Gasteiger partial charge in [-0.3, -0.25) is 4.79 Å². The van der Waals surface area contributed by atoms with E-state index >= 15 is 0 Å². The van der Waals surface area contributed by atoms with E-state index in [0.717, 1.165) is 25.9 Å². The molecule has 7 heteroatoms. The molecular formula is C18H28Cl2N2O3. The summed E-state index contributed by atoms with van der Waals surface area (Å²) >= 11 is 6.34. The van der Waals surface area contributed by atoms with Gasteiger partial charge in [-0.15, -0.1) is 12.4 Å². The Hall–Kier alpha value is -1.17. The number of ether oxygens (including phenoxy) is 2. The van der Waals surface area contributed by atoms with Crippen molar-refractivity contribution >= 4 is 29.9 Å². The molecule has 1 aliphatic rings. The van der Waals surface area contributed by atoms with Crippen molar-refractivity contribution in [3.63, 3.8) is 0 Å². The zero-order valence-corrected chi connectivity index (χ0v) is 16.9. The summed E-state index contributed by atoms with van der Waals surface area (Å²) in [6.45, 7) is 6.16. The number of nitrogens with zero attached hydrogens (tertiary/aromatic N) is 1. The Bertz CT molecular complexity index is 574. The molecular weight excluding hydrogens is 363 g/mol. The van der Waals surface area contributed by atoms with Crippen LogP contribution in [0.4, 0.5) is 0 Å². The lowest BCUT2D eigenvalue weighted by atomic mass is 10.0. The van der Waals surface area contributed by atoms with Gasteiger partial charge in [0.2, 0.25) is 0 Å². The standard InChI is InChI=1S/C18H27ClN2O3.ClH/c1-12(2)11-24-17-15(19)9-13(10-16(17)23-4)18(22)21-7-5-14(20-3)6-8-21;/h9-10,12,14,20H,5-8,11H2,1-4H3;1H. The highest BCUT2D eigenvalue weighted by molar-refractivity contribution is 6.32. The van der Waals surface area contributed by atoms with E-state index in [-0.39, 0.29) is 18.3 Å². The number of nitrogens with one attached hydrogen (secondary N) is 1. The van der Waals surface area contributed by atoms with Crippen molar-refractivity contribution in [2.75, 3.05) is 33.9 Å². The van der Waals surface area contributed by atoms with Crippen LogP contribution in [0.15, 0.2) is 12.1 Å². The largest absolute Gasteiger partial charge is 0.493 e. The minimum absolute atomic E-state index is 0. The van der Waals surface area contributed by atoms with Gasteiger partial charge in [0.1, 0.15) is 0 Å². The molecule has 1 aromatic carbocycles. The quantitative estimate of drug-likeness (QED) is 0.805. The van der Waals surface area contributed by atoms with E-state index in [4.69, 9.17) is 21.1 Å². The average Bonchev–Trinajstić information content (AvgIpc) is 2.59. The van der Waals surface area contributed by atoms with Crippen LogP contribution in [-0.4, -0.2) is 50.7 Å². The maximum Gasteiger partial charge on any atom is 0.254 e. The summed E-state index contributed by atoms with van der Waals surface area (Å²) in [5, 5.41) is 3.67. The summed E-state index contributed by atoms with van der Waals surface area (Å²) < 4.78 is 11.1. The monoisotopic (exact) mass is 390 g/mol. The highest BCUT2D eigenvalue weighted by Crippen LogP contribution is 2.37. The molecule has 25 heavy (non-hydrogen) atoms. The van der Waals surface area contributed by atoms with Crippen molar-refractivity contribution in [2.45, 2.75) is 32.7 Å². The van der Waals surface area contributed by atoms with Gasteiger partial charge in [-0.05, 0) is 37.9 Å². The third-order valence-electron chi connectivity index (χ3n) is 4.23. The second kappa shape index (κ2) is 10.1. The van der Waals surface area contributed by atoms with Gasteiger partial charge in [0, 0.05) is 24.7 Å². The van der Waals surface area contributed by atoms with E-state index in [2.05, 4.69) is 19.2 Å². The molecule has 0 saturated carbocycles. The Kier molecular flexibility index (Phi) is 8.83. The number of piperidine rings is 1. The second-order valence-corrected chi connectivity index (χ2v) is 6.96. The molecule has 2 rings (SSSR count). The van der Waals surface area contributed by atoms with Gasteiger partial charge in [0.25, 0.3) is 5.91 Å². The van der Waals surface area contributed by atoms with Crippen LogP contribution in [0.1, 0.15) is 37.0 Å².